The van der Waals surface area contributed by atoms with Crippen LogP contribution in [0, 0.1) is 0 Å². The molecule has 0 saturated carbocycles. The zero-order valence-electron chi connectivity index (χ0n) is 27.2. The van der Waals surface area contributed by atoms with E-state index in [0.29, 0.717) is 52.4 Å². The topological polar surface area (TPSA) is 111 Å². The van der Waals surface area contributed by atoms with E-state index in [-0.39, 0.29) is 30.4 Å². The molecule has 0 atom stereocenters. The monoisotopic (exact) mass is 666 g/mol. The van der Waals surface area contributed by atoms with Crippen molar-refractivity contribution in [1.29, 1.82) is 0 Å². The van der Waals surface area contributed by atoms with Crippen LogP contribution in [-0.4, -0.2) is 55.9 Å². The lowest BCUT2D eigenvalue weighted by Crippen LogP contribution is -2.46. The van der Waals surface area contributed by atoms with Crippen LogP contribution in [-0.2, 0) is 10.9 Å². The van der Waals surface area contributed by atoms with Gasteiger partial charge in [-0.25, -0.2) is 4.79 Å². The molecule has 5 rings (SSSR count). The zero-order valence-corrected chi connectivity index (χ0v) is 27.2. The largest absolute Gasteiger partial charge is 0.493 e. The van der Waals surface area contributed by atoms with Gasteiger partial charge in [0, 0.05) is 59.8 Å². The summed E-state index contributed by atoms with van der Waals surface area (Å²) >= 11 is 0. The summed E-state index contributed by atoms with van der Waals surface area (Å²) in [6, 6.07) is 15.0. The Morgan fingerprint density at radius 3 is 2.27 bits per heavy atom. The second-order valence-corrected chi connectivity index (χ2v) is 12.3. The number of amides is 2. The summed E-state index contributed by atoms with van der Waals surface area (Å²) in [5.74, 6) is 1.15. The van der Waals surface area contributed by atoms with Gasteiger partial charge in [0.1, 0.15) is 17.1 Å². The summed E-state index contributed by atoms with van der Waals surface area (Å²) in [5, 5.41) is 6.12. The lowest BCUT2D eigenvalue weighted by atomic mass is 10.0. The van der Waals surface area contributed by atoms with Gasteiger partial charge in [-0.15, -0.1) is 0 Å². The summed E-state index contributed by atoms with van der Waals surface area (Å²) in [4.78, 5) is 31.3. The van der Waals surface area contributed by atoms with E-state index in [2.05, 4.69) is 15.6 Å². The molecule has 0 unspecified atom stereocenters. The fourth-order valence-electron chi connectivity index (χ4n) is 5.42. The van der Waals surface area contributed by atoms with Gasteiger partial charge in [0.15, 0.2) is 11.5 Å². The number of rotatable bonds is 8. The van der Waals surface area contributed by atoms with Crippen LogP contribution >= 0.6 is 0 Å². The van der Waals surface area contributed by atoms with E-state index < -0.39 is 29.3 Å². The lowest BCUT2D eigenvalue weighted by molar-refractivity contribution is -0.137. The molecular formula is C35H37F3N4O6. The number of pyridine rings is 1. The first-order chi connectivity index (χ1) is 22.7. The number of ether oxygens (including phenoxy) is 4. The van der Waals surface area contributed by atoms with E-state index in [0.717, 1.165) is 6.07 Å². The Morgan fingerprint density at radius 2 is 1.60 bits per heavy atom. The van der Waals surface area contributed by atoms with Crippen LogP contribution in [0.4, 0.5) is 29.3 Å². The van der Waals surface area contributed by atoms with Gasteiger partial charge in [-0.2, -0.15) is 13.2 Å². The van der Waals surface area contributed by atoms with Crippen LogP contribution in [0.5, 0.6) is 23.0 Å². The van der Waals surface area contributed by atoms with E-state index in [4.69, 9.17) is 18.9 Å². The van der Waals surface area contributed by atoms with Crippen molar-refractivity contribution in [2.24, 2.45) is 0 Å². The number of anilines is 2. The summed E-state index contributed by atoms with van der Waals surface area (Å²) < 4.78 is 65.0. The summed E-state index contributed by atoms with van der Waals surface area (Å²) in [7, 11) is 3.05. The molecule has 1 aromatic heterocycles. The second-order valence-electron chi connectivity index (χ2n) is 12.3. The summed E-state index contributed by atoms with van der Waals surface area (Å²) in [6.07, 6.45) is -2.80. The average Bonchev–Trinajstić information content (AvgIpc) is 3.03. The van der Waals surface area contributed by atoms with Gasteiger partial charge in [-0.1, -0.05) is 6.07 Å². The molecule has 48 heavy (non-hydrogen) atoms. The van der Waals surface area contributed by atoms with Gasteiger partial charge in [-0.3, -0.25) is 9.78 Å². The van der Waals surface area contributed by atoms with Crippen molar-refractivity contribution in [2.75, 3.05) is 37.5 Å². The fourth-order valence-corrected chi connectivity index (χ4v) is 5.42. The minimum absolute atomic E-state index is 0.0241. The molecule has 10 nitrogen and oxygen atoms in total. The van der Waals surface area contributed by atoms with Gasteiger partial charge < -0.3 is 34.5 Å². The highest BCUT2D eigenvalue weighted by Gasteiger charge is 2.37. The van der Waals surface area contributed by atoms with E-state index in [9.17, 15) is 22.8 Å². The van der Waals surface area contributed by atoms with Crippen LogP contribution < -0.4 is 29.7 Å². The van der Waals surface area contributed by atoms with Crippen LogP contribution in [0.25, 0.3) is 10.9 Å². The Labute approximate surface area is 276 Å². The Balaban J connectivity index is 1.29. The predicted octanol–water partition coefficient (Wildman–Crippen LogP) is 7.81. The van der Waals surface area contributed by atoms with Crippen molar-refractivity contribution in [3.63, 3.8) is 0 Å². The normalized spacial score (nSPS) is 14.0. The predicted molar refractivity (Wildman–Crippen MR) is 175 cm³/mol. The molecule has 2 heterocycles. The van der Waals surface area contributed by atoms with Crippen LogP contribution in [0.2, 0.25) is 0 Å². The van der Waals surface area contributed by atoms with E-state index in [1.165, 1.54) is 26.4 Å². The molecule has 1 fully saturated rings. The number of carbonyl (C=O) groups is 2. The SMILES string of the molecule is COc1cc2nccc(Oc3cccc(NC(=O)c4ccc(N5CCC(NC(=O)OC(C)(C)C)CC5)c(C(F)(F)F)c4)c3)c2cc1OC. The van der Waals surface area contributed by atoms with E-state index >= 15 is 0 Å². The molecule has 4 aromatic rings. The number of hydrogen-bond acceptors (Lipinski definition) is 8. The number of aromatic nitrogens is 1. The Hall–Kier alpha value is -5.20. The van der Waals surface area contributed by atoms with Crippen molar-refractivity contribution in [3.05, 3.63) is 78.0 Å². The number of nitrogens with zero attached hydrogens (tertiary/aromatic N) is 2. The van der Waals surface area contributed by atoms with Gasteiger partial charge in [0.25, 0.3) is 5.91 Å². The molecule has 1 aliphatic rings. The van der Waals surface area contributed by atoms with Gasteiger partial charge in [0.2, 0.25) is 0 Å². The van der Waals surface area contributed by atoms with Gasteiger partial charge in [0.05, 0.1) is 25.3 Å². The molecule has 3 aromatic carbocycles. The summed E-state index contributed by atoms with van der Waals surface area (Å²) in [6.45, 7) is 5.84. The second kappa shape index (κ2) is 13.9. The lowest BCUT2D eigenvalue weighted by Gasteiger charge is -2.35. The molecule has 0 radical (unpaired) electrons. The number of alkyl halides is 3. The van der Waals surface area contributed by atoms with Gasteiger partial charge >= 0.3 is 12.3 Å². The summed E-state index contributed by atoms with van der Waals surface area (Å²) in [5.41, 5.74) is -0.809. The molecule has 2 N–H and O–H groups in total. The number of fused-ring (bicyclic) bond motifs is 1. The van der Waals surface area contributed by atoms with Crippen molar-refractivity contribution < 1.29 is 41.7 Å². The van der Waals surface area contributed by atoms with Crippen molar-refractivity contribution in [1.82, 2.24) is 10.3 Å². The van der Waals surface area contributed by atoms with Crippen molar-refractivity contribution in [2.45, 2.75) is 51.4 Å². The molecule has 0 spiro atoms. The first kappa shape index (κ1) is 34.1. The standard InChI is InChI=1S/C35H37F3N4O6/c1-34(2,3)48-33(44)41-22-12-15-42(16-13-22)28-10-9-21(17-26(28)35(36,37)38)32(43)40-23-7-6-8-24(18-23)47-29-11-14-39-27-20-31(46-5)30(45-4)19-25(27)29/h6-11,14,17-20,22H,12-13,15-16H2,1-5H3,(H,40,43)(H,41,44). The van der Waals surface area contributed by atoms with E-state index in [1.54, 1.807) is 74.3 Å². The maximum Gasteiger partial charge on any atom is 0.418 e. The molecule has 13 heteroatoms. The van der Waals surface area contributed by atoms with Crippen LogP contribution in [0.15, 0.2) is 66.9 Å². The molecule has 1 saturated heterocycles. The minimum atomic E-state index is -4.70. The third-order valence-corrected chi connectivity index (χ3v) is 7.65. The number of alkyl carbamates (subject to hydrolysis) is 1. The molecule has 2 amide bonds. The fraction of sp³-hybridized carbons (Fsp3) is 0.343. The minimum Gasteiger partial charge on any atom is -0.493 e. The molecule has 1 aliphatic heterocycles. The maximum atomic E-state index is 14.3. The third kappa shape index (κ3) is 8.20. The third-order valence-electron chi connectivity index (χ3n) is 7.65. The number of piperidine rings is 1. The number of halogens is 3. The number of carbonyl (C=O) groups excluding carboxylic acids is 2. The molecule has 254 valence electrons. The smallest absolute Gasteiger partial charge is 0.418 e. The zero-order chi connectivity index (χ0) is 34.6. The van der Waals surface area contributed by atoms with Gasteiger partial charge in [-0.05, 0) is 76.1 Å². The number of benzene rings is 3. The highest BCUT2D eigenvalue weighted by atomic mass is 19.4. The Kier molecular flexibility index (Phi) is 9.87. The number of nitrogens with one attached hydrogen (secondary N) is 2. The highest BCUT2D eigenvalue weighted by Crippen LogP contribution is 2.39. The average molecular weight is 667 g/mol. The highest BCUT2D eigenvalue weighted by molar-refractivity contribution is 6.04. The molecular weight excluding hydrogens is 629 g/mol. The van der Waals surface area contributed by atoms with Crippen molar-refractivity contribution >= 4 is 34.3 Å². The molecule has 0 aliphatic carbocycles. The van der Waals surface area contributed by atoms with Crippen LogP contribution in [0.3, 0.4) is 0 Å². The Morgan fingerprint density at radius 1 is 0.896 bits per heavy atom. The van der Waals surface area contributed by atoms with Crippen LogP contribution in [0.1, 0.15) is 49.5 Å². The quantitative estimate of drug-likeness (QED) is 0.196. The molecule has 0 bridgehead atoms. The van der Waals surface area contributed by atoms with E-state index in [1.807, 2.05) is 0 Å². The number of hydrogen-bond donors (Lipinski definition) is 2. The first-order valence-electron chi connectivity index (χ1n) is 15.3. The first-order valence-corrected chi connectivity index (χ1v) is 15.3. The van der Waals surface area contributed by atoms with Crippen molar-refractivity contribution in [3.8, 4) is 23.0 Å². The Bertz CT molecular complexity index is 1800. The number of methoxy groups -OCH3 is 2. The maximum absolute atomic E-state index is 14.3.